The third kappa shape index (κ3) is 4.85. The van der Waals surface area contributed by atoms with Gasteiger partial charge in [-0.25, -0.2) is 15.3 Å². The Labute approximate surface area is 110 Å². The van der Waals surface area contributed by atoms with Crippen LogP contribution in [-0.4, -0.2) is 17.2 Å². The van der Waals surface area contributed by atoms with Gasteiger partial charge in [0.15, 0.2) is 12.1 Å². The smallest absolute Gasteiger partial charge is 0.174 e. The number of hydrogen-bond donors (Lipinski definition) is 2. The maximum atomic E-state index is 8.87. The van der Waals surface area contributed by atoms with Crippen LogP contribution in [0, 0.1) is 0 Å². The van der Waals surface area contributed by atoms with Gasteiger partial charge >= 0.3 is 0 Å². The first-order valence-electron chi connectivity index (χ1n) is 6.49. The summed E-state index contributed by atoms with van der Waals surface area (Å²) in [6.45, 7) is 9.93. The molecule has 0 bridgehead atoms. The lowest BCUT2D eigenvalue weighted by atomic mass is 10.1. The molecule has 2 N–H and O–H groups in total. The minimum Gasteiger partial charge on any atom is -0.392 e. The van der Waals surface area contributed by atoms with Crippen molar-refractivity contribution in [2.45, 2.75) is 47.5 Å². The van der Waals surface area contributed by atoms with Gasteiger partial charge in [-0.3, -0.25) is 0 Å². The molecule has 0 aromatic heterocycles. The van der Waals surface area contributed by atoms with Crippen LogP contribution >= 0.6 is 0 Å². The fraction of sp³-hybridized carbons (Fsp3) is 0.500. The second-order valence-electron chi connectivity index (χ2n) is 3.15. The summed E-state index contributed by atoms with van der Waals surface area (Å²) in [7, 11) is 0. The van der Waals surface area contributed by atoms with Gasteiger partial charge in [0.25, 0.3) is 0 Å². The predicted octanol–water partition coefficient (Wildman–Crippen LogP) is 2.86. The fourth-order valence-corrected chi connectivity index (χ4v) is 1.28. The summed E-state index contributed by atoms with van der Waals surface area (Å²) in [5.74, 6) is 0.738. The molecule has 0 radical (unpaired) electrons. The number of aliphatic hydroxyl groups is 1. The van der Waals surface area contributed by atoms with Crippen LogP contribution in [0.3, 0.4) is 0 Å². The number of nitrogens with one attached hydrogen (secondary N) is 1. The molecule has 1 aromatic rings. The number of hydrogen-bond acceptors (Lipinski definition) is 4. The normalized spacial score (nSPS) is 16.6. The molecule has 18 heavy (non-hydrogen) atoms. The first-order chi connectivity index (χ1) is 8.79. The van der Waals surface area contributed by atoms with Gasteiger partial charge in [0.1, 0.15) is 0 Å². The van der Waals surface area contributed by atoms with Crippen LogP contribution in [-0.2, 0) is 11.4 Å². The summed E-state index contributed by atoms with van der Waals surface area (Å²) < 4.78 is 0. The molecule has 1 aromatic carbocycles. The van der Waals surface area contributed by atoms with Crippen molar-refractivity contribution in [3.63, 3.8) is 0 Å². The summed E-state index contributed by atoms with van der Waals surface area (Å²) in [5, 5.41) is 8.87. The Morgan fingerprint density at radius 2 is 1.72 bits per heavy atom. The Morgan fingerprint density at radius 3 is 2.11 bits per heavy atom. The molecule has 0 aliphatic carbocycles. The van der Waals surface area contributed by atoms with Crippen LogP contribution in [0.1, 0.15) is 45.7 Å². The van der Waals surface area contributed by atoms with Crippen molar-refractivity contribution < 1.29 is 9.94 Å². The van der Waals surface area contributed by atoms with E-state index in [0.29, 0.717) is 0 Å². The number of nitrogens with zero attached hydrogens (tertiary/aromatic N) is 1. The van der Waals surface area contributed by atoms with E-state index in [9.17, 15) is 0 Å². The molecule has 0 saturated heterocycles. The number of hydroxylamine groups is 1. The average molecular weight is 252 g/mol. The molecule has 0 spiro atoms. The Hall–Kier alpha value is -1.39. The maximum Gasteiger partial charge on any atom is 0.174 e. The molecule has 1 aliphatic rings. The monoisotopic (exact) mass is 252 g/mol. The third-order valence-electron chi connectivity index (χ3n) is 2.05. The van der Waals surface area contributed by atoms with Crippen LogP contribution in [0.25, 0.3) is 0 Å². The molecule has 1 aliphatic heterocycles. The largest absolute Gasteiger partial charge is 0.392 e. The maximum absolute atomic E-state index is 8.87. The summed E-state index contributed by atoms with van der Waals surface area (Å²) in [5.41, 5.74) is 4.60. The van der Waals surface area contributed by atoms with Crippen molar-refractivity contribution >= 4 is 5.84 Å². The quantitative estimate of drug-likeness (QED) is 0.851. The van der Waals surface area contributed by atoms with Gasteiger partial charge in [-0.2, -0.15) is 0 Å². The number of rotatable bonds is 2. The zero-order chi connectivity index (χ0) is 14.0. The summed E-state index contributed by atoms with van der Waals surface area (Å²) >= 11 is 0. The van der Waals surface area contributed by atoms with E-state index in [1.807, 2.05) is 58.9 Å². The van der Waals surface area contributed by atoms with Crippen molar-refractivity contribution in [1.29, 1.82) is 0 Å². The summed E-state index contributed by atoms with van der Waals surface area (Å²) in [4.78, 5) is 9.31. The topological polar surface area (TPSA) is 53.9 Å². The van der Waals surface area contributed by atoms with Crippen LogP contribution in [0.15, 0.2) is 29.3 Å². The highest BCUT2D eigenvalue weighted by Crippen LogP contribution is 2.09. The van der Waals surface area contributed by atoms with Crippen molar-refractivity contribution in [3.8, 4) is 0 Å². The van der Waals surface area contributed by atoms with Gasteiger partial charge in [-0.05, 0) is 12.5 Å². The average Bonchev–Trinajstić information content (AvgIpc) is 2.90. The highest BCUT2D eigenvalue weighted by atomic mass is 16.7. The lowest BCUT2D eigenvalue weighted by molar-refractivity contribution is 0.0504. The van der Waals surface area contributed by atoms with E-state index in [1.165, 1.54) is 0 Å². The lowest BCUT2D eigenvalue weighted by Crippen LogP contribution is -2.18. The number of amidine groups is 1. The number of benzene rings is 1. The summed E-state index contributed by atoms with van der Waals surface area (Å²) in [6, 6.07) is 7.53. The van der Waals surface area contributed by atoms with Gasteiger partial charge in [-0.15, -0.1) is 0 Å². The molecule has 1 unspecified atom stereocenters. The first kappa shape index (κ1) is 16.6. The Bertz CT molecular complexity index is 347. The van der Waals surface area contributed by atoms with Gasteiger partial charge in [0.2, 0.25) is 0 Å². The molecule has 2 rings (SSSR count). The van der Waals surface area contributed by atoms with E-state index < -0.39 is 0 Å². The molecule has 4 nitrogen and oxygen atoms in total. The minimum atomic E-state index is -0.137. The first-order valence-corrected chi connectivity index (χ1v) is 6.49. The van der Waals surface area contributed by atoms with Crippen LogP contribution in [0.4, 0.5) is 0 Å². The Balaban J connectivity index is 0.000000659. The van der Waals surface area contributed by atoms with Crippen LogP contribution in [0.5, 0.6) is 0 Å². The predicted molar refractivity (Wildman–Crippen MR) is 75.3 cm³/mol. The molecular formula is C14H24N2O2. The Morgan fingerprint density at radius 1 is 1.17 bits per heavy atom. The SMILES string of the molecule is CC.CC.CC1N=C(c2ccc(CO)cc2)NO1. The second-order valence-corrected chi connectivity index (χ2v) is 3.15. The van der Waals surface area contributed by atoms with Crippen molar-refractivity contribution in [2.24, 2.45) is 4.99 Å². The fourth-order valence-electron chi connectivity index (χ4n) is 1.28. The van der Waals surface area contributed by atoms with Crippen molar-refractivity contribution in [3.05, 3.63) is 35.4 Å². The third-order valence-corrected chi connectivity index (χ3v) is 2.05. The molecule has 4 heteroatoms. The standard InChI is InChI=1S/C10H12N2O2.2C2H6/c1-7-11-10(12-14-7)9-4-2-8(6-13)3-5-9;2*1-2/h2-5,7,13H,6H2,1H3,(H,11,12);2*1-2H3. The van der Waals surface area contributed by atoms with Gasteiger partial charge in [0.05, 0.1) is 6.61 Å². The lowest BCUT2D eigenvalue weighted by Gasteiger charge is -2.01. The highest BCUT2D eigenvalue weighted by Gasteiger charge is 2.13. The molecule has 102 valence electrons. The van der Waals surface area contributed by atoms with Crippen molar-refractivity contribution in [1.82, 2.24) is 5.48 Å². The van der Waals surface area contributed by atoms with Gasteiger partial charge in [-0.1, -0.05) is 52.0 Å². The molecule has 0 saturated carbocycles. The number of aliphatic hydroxyl groups excluding tert-OH is 1. The van der Waals surface area contributed by atoms with Crippen LogP contribution < -0.4 is 5.48 Å². The zero-order valence-corrected chi connectivity index (χ0v) is 11.9. The van der Waals surface area contributed by atoms with Crippen molar-refractivity contribution in [2.75, 3.05) is 0 Å². The van der Waals surface area contributed by atoms with E-state index in [1.54, 1.807) is 0 Å². The number of aliphatic imine (C=N–C) groups is 1. The van der Waals surface area contributed by atoms with Gasteiger partial charge < -0.3 is 5.11 Å². The Kier molecular flexibility index (Phi) is 8.88. The zero-order valence-electron chi connectivity index (χ0n) is 11.9. The van der Waals surface area contributed by atoms with E-state index >= 15 is 0 Å². The van der Waals surface area contributed by atoms with E-state index in [4.69, 9.17) is 9.94 Å². The molecular weight excluding hydrogens is 228 g/mol. The van der Waals surface area contributed by atoms with E-state index in [0.717, 1.165) is 17.0 Å². The molecule has 0 fully saturated rings. The summed E-state index contributed by atoms with van der Waals surface area (Å²) in [6.07, 6.45) is -0.137. The highest BCUT2D eigenvalue weighted by molar-refractivity contribution is 5.98. The second kappa shape index (κ2) is 9.62. The minimum absolute atomic E-state index is 0.0626. The van der Waals surface area contributed by atoms with Crippen LogP contribution in [0.2, 0.25) is 0 Å². The molecule has 0 amide bonds. The molecule has 1 atom stereocenters. The van der Waals surface area contributed by atoms with Gasteiger partial charge in [0, 0.05) is 5.56 Å². The van der Waals surface area contributed by atoms with E-state index in [2.05, 4.69) is 10.5 Å². The molecule has 1 heterocycles. The van der Waals surface area contributed by atoms with E-state index in [-0.39, 0.29) is 12.8 Å².